The van der Waals surface area contributed by atoms with Crippen molar-refractivity contribution in [3.63, 3.8) is 0 Å². The van der Waals surface area contributed by atoms with E-state index < -0.39 is 60.7 Å². The largest absolute Gasteiger partial charge is 0.393 e. The number of rotatable bonds is 9. The van der Waals surface area contributed by atoms with Gasteiger partial charge in [-0.25, -0.2) is 18.3 Å². The molecule has 2 amide bonds. The number of amides is 2. The first kappa shape index (κ1) is 34.2. The monoisotopic (exact) mass is 680 g/mol. The number of carbonyl (C=O) groups excluding carboxylic acids is 2. The highest BCUT2D eigenvalue weighted by atomic mass is 19.4. The van der Waals surface area contributed by atoms with Crippen LogP contribution in [0.5, 0.6) is 0 Å². The fraction of sp³-hybridized carbons (Fsp3) is 0.688. The van der Waals surface area contributed by atoms with Crippen molar-refractivity contribution < 1.29 is 36.3 Å². The first-order chi connectivity index (χ1) is 22.9. The molecule has 4 atom stereocenters. The number of imidazole rings is 1. The number of anilines is 1. The molecule has 6 rings (SSSR count). The summed E-state index contributed by atoms with van der Waals surface area (Å²) in [5.74, 6) is -7.01. The minimum Gasteiger partial charge on any atom is -0.378 e. The smallest absolute Gasteiger partial charge is 0.378 e. The fourth-order valence-corrected chi connectivity index (χ4v) is 7.21. The number of fused-ring (bicyclic) bond motifs is 1. The third-order valence-corrected chi connectivity index (χ3v) is 9.88. The number of nitrogens with one attached hydrogen (secondary N) is 2. The Morgan fingerprint density at radius 3 is 2.58 bits per heavy atom. The summed E-state index contributed by atoms with van der Waals surface area (Å²) in [6.07, 6.45) is -1.44. The Morgan fingerprint density at radius 2 is 1.94 bits per heavy atom. The van der Waals surface area contributed by atoms with Gasteiger partial charge in [-0.05, 0) is 38.0 Å². The van der Waals surface area contributed by atoms with Crippen LogP contribution in [0.2, 0.25) is 0 Å². The molecule has 2 aliphatic carbocycles. The number of hydrogen-bond donors (Lipinski definition) is 2. The van der Waals surface area contributed by atoms with Crippen molar-refractivity contribution in [2.75, 3.05) is 51.8 Å². The number of carbonyl (C=O) groups is 2. The molecule has 2 saturated carbocycles. The zero-order valence-corrected chi connectivity index (χ0v) is 27.0. The van der Waals surface area contributed by atoms with Crippen LogP contribution < -0.4 is 15.5 Å². The molecule has 262 valence electrons. The van der Waals surface area contributed by atoms with Gasteiger partial charge in [-0.2, -0.15) is 18.3 Å². The second-order valence-electron chi connectivity index (χ2n) is 13.3. The van der Waals surface area contributed by atoms with Crippen molar-refractivity contribution in [2.45, 2.75) is 69.5 Å². The first-order valence-corrected chi connectivity index (χ1v) is 16.6. The summed E-state index contributed by atoms with van der Waals surface area (Å²) in [6, 6.07) is 0.854. The fourth-order valence-electron chi connectivity index (χ4n) is 7.21. The zero-order valence-electron chi connectivity index (χ0n) is 27.0. The van der Waals surface area contributed by atoms with E-state index in [9.17, 15) is 31.5 Å². The summed E-state index contributed by atoms with van der Waals surface area (Å²) < 4.78 is 77.3. The van der Waals surface area contributed by atoms with Gasteiger partial charge < -0.3 is 20.3 Å². The van der Waals surface area contributed by atoms with Gasteiger partial charge in [0, 0.05) is 70.9 Å². The zero-order chi connectivity index (χ0) is 34.2. The molecule has 2 aliphatic heterocycles. The third kappa shape index (κ3) is 7.47. The van der Waals surface area contributed by atoms with Gasteiger partial charge >= 0.3 is 6.18 Å². The molecule has 2 saturated heterocycles. The molecule has 0 bridgehead atoms. The highest BCUT2D eigenvalue weighted by Crippen LogP contribution is 2.42. The average Bonchev–Trinajstić information content (AvgIpc) is 3.80. The maximum atomic E-state index is 14.7. The van der Waals surface area contributed by atoms with Crippen molar-refractivity contribution in [1.82, 2.24) is 25.2 Å². The number of alkyl halides is 5. The second kappa shape index (κ2) is 13.7. The Labute approximate surface area is 274 Å². The summed E-state index contributed by atoms with van der Waals surface area (Å²) in [5, 5.41) is 10.1. The van der Waals surface area contributed by atoms with Gasteiger partial charge in [0.25, 0.3) is 5.91 Å². The lowest BCUT2D eigenvalue weighted by Gasteiger charge is -2.34. The van der Waals surface area contributed by atoms with Crippen LogP contribution in [0.15, 0.2) is 22.2 Å². The van der Waals surface area contributed by atoms with Gasteiger partial charge in [-0.1, -0.05) is 0 Å². The van der Waals surface area contributed by atoms with Crippen molar-refractivity contribution in [3.8, 4) is 0 Å². The average molecular weight is 681 g/mol. The van der Waals surface area contributed by atoms with E-state index in [1.807, 2.05) is 4.90 Å². The number of piperidine rings is 1. The minimum absolute atomic E-state index is 0.0415. The molecular formula is C32H41F5N8O3. The molecule has 11 nitrogen and oxygen atoms in total. The van der Waals surface area contributed by atoms with Gasteiger partial charge in [0.05, 0.1) is 54.2 Å². The number of hydrogen-bond acceptors (Lipinski definition) is 8. The summed E-state index contributed by atoms with van der Waals surface area (Å²) in [5.41, 5.74) is 2.47. The van der Waals surface area contributed by atoms with Gasteiger partial charge in [-0.3, -0.25) is 19.6 Å². The number of aliphatic imine (C=N–C) groups is 2. The maximum absolute atomic E-state index is 14.7. The number of halogens is 5. The topological polar surface area (TPSA) is 126 Å². The molecule has 4 heterocycles. The van der Waals surface area contributed by atoms with Crippen molar-refractivity contribution in [2.24, 2.45) is 33.7 Å². The minimum atomic E-state index is -4.45. The number of aromatic nitrogens is 3. The predicted octanol–water partition coefficient (Wildman–Crippen LogP) is 3.96. The summed E-state index contributed by atoms with van der Waals surface area (Å²) >= 11 is 0. The van der Waals surface area contributed by atoms with Crippen molar-refractivity contribution in [3.05, 3.63) is 23.7 Å². The highest BCUT2D eigenvalue weighted by molar-refractivity contribution is 6.67. The normalized spacial score (nSPS) is 26.4. The number of nitrogens with zero attached hydrogens (tertiary/aromatic N) is 6. The lowest BCUT2D eigenvalue weighted by atomic mass is 9.80. The van der Waals surface area contributed by atoms with Crippen molar-refractivity contribution >= 4 is 34.6 Å². The van der Waals surface area contributed by atoms with Gasteiger partial charge in [-0.15, -0.1) is 0 Å². The van der Waals surface area contributed by atoms with E-state index >= 15 is 0 Å². The van der Waals surface area contributed by atoms with E-state index in [2.05, 4.69) is 20.6 Å². The molecule has 0 spiro atoms. The Balaban J connectivity index is 1.36. The van der Waals surface area contributed by atoms with E-state index in [0.717, 1.165) is 12.8 Å². The standard InChI is InChI=1S/C32H41F5N8O3/c1-38-27(18-5-6-18)28(39-2)30(47)42-26(19-4-3-7-31(33,34)15-19)23-17-45-25(41-23)14-24(44-8-10-48-11-9-44)22(43-45)13-20-12-21(32(35,36)37)16-40-29(20)46/h14,17-21,26H,3-13,15-16H2,1-2H3,(H,40,46)(H,42,47)/t19-,20-,21-,26+/m1/s1. The number of ether oxygens (including phenoxy) is 1. The molecule has 2 N–H and O–H groups in total. The molecule has 2 aromatic heterocycles. The van der Waals surface area contributed by atoms with Crippen LogP contribution in [-0.2, 0) is 20.7 Å². The summed E-state index contributed by atoms with van der Waals surface area (Å²) in [7, 11) is 3.10. The quantitative estimate of drug-likeness (QED) is 0.305. The van der Waals surface area contributed by atoms with Crippen LogP contribution in [0, 0.1) is 23.7 Å². The molecule has 48 heavy (non-hydrogen) atoms. The SMILES string of the molecule is CN=C(C(=O)N[C@H](c1cn2nc(C[C@H]3C[C@@H](C(F)(F)F)CNC3=O)c(N3CCOCC3)cc2n1)[C@@H]1CCCC(F)(F)C1)C(=NC)C1CC1. The lowest BCUT2D eigenvalue weighted by molar-refractivity contribution is -0.183. The molecular weight excluding hydrogens is 639 g/mol. The van der Waals surface area contributed by atoms with E-state index in [1.54, 1.807) is 19.3 Å². The van der Waals surface area contributed by atoms with E-state index in [-0.39, 0.29) is 37.3 Å². The lowest BCUT2D eigenvalue weighted by Crippen LogP contribution is -2.47. The molecule has 0 radical (unpaired) electrons. The number of morpholine rings is 1. The first-order valence-electron chi connectivity index (χ1n) is 16.6. The van der Waals surface area contributed by atoms with Crippen LogP contribution in [0.25, 0.3) is 5.65 Å². The Hall–Kier alpha value is -3.69. The highest BCUT2D eigenvalue weighted by Gasteiger charge is 2.45. The molecule has 2 aromatic rings. The molecule has 16 heteroatoms. The van der Waals surface area contributed by atoms with E-state index in [0.29, 0.717) is 61.2 Å². The Bertz CT molecular complexity index is 1580. The van der Waals surface area contributed by atoms with Crippen LogP contribution >= 0.6 is 0 Å². The maximum Gasteiger partial charge on any atom is 0.393 e. The van der Waals surface area contributed by atoms with Crippen LogP contribution in [-0.4, -0.2) is 96.9 Å². The van der Waals surface area contributed by atoms with Crippen LogP contribution in [0.3, 0.4) is 0 Å². The molecule has 4 fully saturated rings. The Kier molecular flexibility index (Phi) is 9.73. The van der Waals surface area contributed by atoms with Crippen molar-refractivity contribution in [1.29, 1.82) is 0 Å². The van der Waals surface area contributed by atoms with Gasteiger partial charge in [0.1, 0.15) is 5.71 Å². The molecule has 4 aliphatic rings. The van der Waals surface area contributed by atoms with Crippen LogP contribution in [0.1, 0.15) is 62.4 Å². The summed E-state index contributed by atoms with van der Waals surface area (Å²) in [4.78, 5) is 41.7. The molecule has 0 aromatic carbocycles. The van der Waals surface area contributed by atoms with E-state index in [4.69, 9.17) is 14.8 Å². The summed E-state index contributed by atoms with van der Waals surface area (Å²) in [6.45, 7) is 1.39. The van der Waals surface area contributed by atoms with E-state index in [1.165, 1.54) is 11.6 Å². The third-order valence-electron chi connectivity index (χ3n) is 9.88. The van der Waals surface area contributed by atoms with Crippen LogP contribution in [0.4, 0.5) is 27.6 Å². The van der Waals surface area contributed by atoms with Gasteiger partial charge in [0.15, 0.2) is 5.65 Å². The Morgan fingerprint density at radius 1 is 1.19 bits per heavy atom. The second-order valence-corrected chi connectivity index (χ2v) is 13.3. The molecule has 0 unspecified atom stereocenters. The van der Waals surface area contributed by atoms with Gasteiger partial charge in [0.2, 0.25) is 11.8 Å². The predicted molar refractivity (Wildman–Crippen MR) is 168 cm³/mol.